The number of nitrogens with one attached hydrogen (secondary N) is 1. The van der Waals surface area contributed by atoms with Crippen LogP contribution >= 0.6 is 0 Å². The van der Waals surface area contributed by atoms with Crippen LogP contribution in [0.15, 0.2) is 0 Å². The Kier molecular flexibility index (Phi) is 11.9. The number of rotatable bonds is 11. The van der Waals surface area contributed by atoms with Crippen molar-refractivity contribution in [1.82, 2.24) is 5.32 Å². The highest BCUT2D eigenvalue weighted by Crippen LogP contribution is 1.90. The second-order valence-corrected chi connectivity index (χ2v) is 4.04. The minimum Gasteiger partial charge on any atom is -0.379 e. The third kappa shape index (κ3) is 13.9. The minimum absolute atomic E-state index is 0.591. The summed E-state index contributed by atoms with van der Waals surface area (Å²) in [5.74, 6) is 0. The fraction of sp³-hybridized carbons (Fsp3) is 1.00. The number of ether oxygens (including phenoxy) is 2. The molecule has 1 N–H and O–H groups in total. The lowest BCUT2D eigenvalue weighted by atomic mass is 10.3. The van der Waals surface area contributed by atoms with E-state index in [0.29, 0.717) is 6.04 Å². The van der Waals surface area contributed by atoms with Gasteiger partial charge in [0, 0.05) is 19.3 Å². The normalized spacial score (nSPS) is 11.2. The van der Waals surface area contributed by atoms with Crippen LogP contribution in [-0.4, -0.2) is 39.0 Å². The molecule has 0 atom stereocenters. The number of hydrogen-bond acceptors (Lipinski definition) is 3. The second kappa shape index (κ2) is 12.0. The Hall–Kier alpha value is -0.120. The highest BCUT2D eigenvalue weighted by atomic mass is 16.5. The smallest absolute Gasteiger partial charge is 0.0700 e. The summed E-state index contributed by atoms with van der Waals surface area (Å²) in [6.45, 7) is 10.7. The molecule has 15 heavy (non-hydrogen) atoms. The van der Waals surface area contributed by atoms with Gasteiger partial charge in [-0.05, 0) is 25.8 Å². The van der Waals surface area contributed by atoms with Gasteiger partial charge in [-0.3, -0.25) is 0 Å². The monoisotopic (exact) mass is 217 g/mol. The van der Waals surface area contributed by atoms with Gasteiger partial charge >= 0.3 is 0 Å². The number of unbranched alkanes of at least 4 members (excludes halogenated alkanes) is 1. The predicted octanol–water partition coefficient (Wildman–Crippen LogP) is 2.21. The van der Waals surface area contributed by atoms with E-state index in [1.54, 1.807) is 0 Å². The average Bonchev–Trinajstić information content (AvgIpc) is 2.20. The summed E-state index contributed by atoms with van der Waals surface area (Å²) >= 11 is 0. The average molecular weight is 217 g/mol. The van der Waals surface area contributed by atoms with Gasteiger partial charge in [0.1, 0.15) is 0 Å². The standard InChI is InChI=1S/C12H27NO2/c1-4-8-14-10-11-15-9-6-5-7-13-12(2)3/h12-13H,4-11H2,1-3H3. The van der Waals surface area contributed by atoms with Crippen molar-refractivity contribution in [2.45, 2.75) is 46.1 Å². The molecule has 0 aliphatic carbocycles. The summed E-state index contributed by atoms with van der Waals surface area (Å²) < 4.78 is 10.7. The molecule has 3 heteroatoms. The fourth-order valence-electron chi connectivity index (χ4n) is 1.19. The van der Waals surface area contributed by atoms with Crippen LogP contribution in [0.2, 0.25) is 0 Å². The summed E-state index contributed by atoms with van der Waals surface area (Å²) in [6, 6.07) is 0.591. The van der Waals surface area contributed by atoms with E-state index in [-0.39, 0.29) is 0 Å². The lowest BCUT2D eigenvalue weighted by Gasteiger charge is -2.08. The Balaban J connectivity index is 2.87. The highest BCUT2D eigenvalue weighted by molar-refractivity contribution is 4.52. The van der Waals surface area contributed by atoms with Gasteiger partial charge in [0.15, 0.2) is 0 Å². The van der Waals surface area contributed by atoms with Gasteiger partial charge in [-0.1, -0.05) is 20.8 Å². The lowest BCUT2D eigenvalue weighted by Crippen LogP contribution is -2.23. The van der Waals surface area contributed by atoms with Crippen molar-refractivity contribution in [3.05, 3.63) is 0 Å². The molecule has 0 saturated carbocycles. The molecular weight excluding hydrogens is 190 g/mol. The van der Waals surface area contributed by atoms with E-state index in [4.69, 9.17) is 9.47 Å². The molecule has 0 fully saturated rings. The van der Waals surface area contributed by atoms with Crippen LogP contribution in [0.3, 0.4) is 0 Å². The first-order valence-electron chi connectivity index (χ1n) is 6.16. The molecule has 0 radical (unpaired) electrons. The zero-order valence-corrected chi connectivity index (χ0v) is 10.6. The maximum Gasteiger partial charge on any atom is 0.0700 e. The van der Waals surface area contributed by atoms with Crippen molar-refractivity contribution < 1.29 is 9.47 Å². The Bertz CT molecular complexity index is 118. The topological polar surface area (TPSA) is 30.5 Å². The van der Waals surface area contributed by atoms with Crippen LogP contribution in [0.25, 0.3) is 0 Å². The van der Waals surface area contributed by atoms with Crippen LogP contribution in [0, 0.1) is 0 Å². The molecule has 0 saturated heterocycles. The SMILES string of the molecule is CCCOCCOCCCCNC(C)C. The van der Waals surface area contributed by atoms with Gasteiger partial charge < -0.3 is 14.8 Å². The molecule has 92 valence electrons. The summed E-state index contributed by atoms with van der Waals surface area (Å²) in [6.07, 6.45) is 3.41. The molecule has 0 amide bonds. The first-order chi connectivity index (χ1) is 7.27. The van der Waals surface area contributed by atoms with Crippen molar-refractivity contribution in [3.63, 3.8) is 0 Å². The Labute approximate surface area is 94.5 Å². The molecule has 0 aromatic rings. The second-order valence-electron chi connectivity index (χ2n) is 4.04. The van der Waals surface area contributed by atoms with Gasteiger partial charge in [-0.15, -0.1) is 0 Å². The molecule has 0 aliphatic heterocycles. The van der Waals surface area contributed by atoms with Crippen LogP contribution < -0.4 is 5.32 Å². The van der Waals surface area contributed by atoms with Gasteiger partial charge in [0.25, 0.3) is 0 Å². The van der Waals surface area contributed by atoms with E-state index in [1.807, 2.05) is 0 Å². The zero-order chi connectivity index (χ0) is 11.4. The molecule has 0 aromatic carbocycles. The summed E-state index contributed by atoms with van der Waals surface area (Å²) in [5, 5.41) is 3.38. The zero-order valence-electron chi connectivity index (χ0n) is 10.6. The van der Waals surface area contributed by atoms with E-state index in [9.17, 15) is 0 Å². The van der Waals surface area contributed by atoms with Crippen molar-refractivity contribution in [1.29, 1.82) is 0 Å². The predicted molar refractivity (Wildman–Crippen MR) is 64.3 cm³/mol. The lowest BCUT2D eigenvalue weighted by molar-refractivity contribution is 0.0467. The van der Waals surface area contributed by atoms with Crippen molar-refractivity contribution in [2.75, 3.05) is 33.0 Å². The van der Waals surface area contributed by atoms with Crippen LogP contribution in [0.5, 0.6) is 0 Å². The van der Waals surface area contributed by atoms with E-state index in [0.717, 1.165) is 45.8 Å². The Morgan fingerprint density at radius 3 is 2.20 bits per heavy atom. The Morgan fingerprint density at radius 1 is 0.933 bits per heavy atom. The Morgan fingerprint density at radius 2 is 1.60 bits per heavy atom. The summed E-state index contributed by atoms with van der Waals surface area (Å²) in [5.41, 5.74) is 0. The van der Waals surface area contributed by atoms with E-state index < -0.39 is 0 Å². The van der Waals surface area contributed by atoms with Crippen molar-refractivity contribution >= 4 is 0 Å². The fourth-order valence-corrected chi connectivity index (χ4v) is 1.19. The molecule has 0 bridgehead atoms. The van der Waals surface area contributed by atoms with Crippen molar-refractivity contribution in [3.8, 4) is 0 Å². The first-order valence-corrected chi connectivity index (χ1v) is 6.16. The van der Waals surface area contributed by atoms with Crippen molar-refractivity contribution in [2.24, 2.45) is 0 Å². The number of hydrogen-bond donors (Lipinski definition) is 1. The molecule has 3 nitrogen and oxygen atoms in total. The van der Waals surface area contributed by atoms with E-state index >= 15 is 0 Å². The maximum atomic E-state index is 5.43. The summed E-state index contributed by atoms with van der Waals surface area (Å²) in [7, 11) is 0. The molecule has 0 spiro atoms. The van der Waals surface area contributed by atoms with E-state index in [2.05, 4.69) is 26.1 Å². The molecule has 0 aliphatic rings. The molecule has 0 rings (SSSR count). The maximum absolute atomic E-state index is 5.43. The van der Waals surface area contributed by atoms with E-state index in [1.165, 1.54) is 6.42 Å². The third-order valence-corrected chi connectivity index (χ3v) is 1.99. The first kappa shape index (κ1) is 14.9. The van der Waals surface area contributed by atoms with Gasteiger partial charge in [0.2, 0.25) is 0 Å². The van der Waals surface area contributed by atoms with Gasteiger partial charge in [0.05, 0.1) is 13.2 Å². The third-order valence-electron chi connectivity index (χ3n) is 1.99. The molecule has 0 unspecified atom stereocenters. The minimum atomic E-state index is 0.591. The molecule has 0 aromatic heterocycles. The van der Waals surface area contributed by atoms with Crippen LogP contribution in [0.4, 0.5) is 0 Å². The van der Waals surface area contributed by atoms with Gasteiger partial charge in [-0.2, -0.15) is 0 Å². The van der Waals surface area contributed by atoms with Crippen LogP contribution in [-0.2, 0) is 9.47 Å². The largest absolute Gasteiger partial charge is 0.379 e. The summed E-state index contributed by atoms with van der Waals surface area (Å²) in [4.78, 5) is 0. The van der Waals surface area contributed by atoms with Crippen LogP contribution in [0.1, 0.15) is 40.0 Å². The molecule has 0 heterocycles. The molecular formula is C12H27NO2. The highest BCUT2D eigenvalue weighted by Gasteiger charge is 1.93. The quantitative estimate of drug-likeness (QED) is 0.538. The van der Waals surface area contributed by atoms with Gasteiger partial charge in [-0.25, -0.2) is 0 Å².